The predicted molar refractivity (Wildman–Crippen MR) is 115 cm³/mol. The lowest BCUT2D eigenvalue weighted by Crippen LogP contribution is -2.36. The third-order valence-electron chi connectivity index (χ3n) is 6.28. The number of hydrogen-bond donors (Lipinski definition) is 2. The zero-order valence-corrected chi connectivity index (χ0v) is 17.8. The molecule has 3 heterocycles. The molecule has 28 heavy (non-hydrogen) atoms. The lowest BCUT2D eigenvalue weighted by Gasteiger charge is -2.23. The van der Waals surface area contributed by atoms with Crippen molar-refractivity contribution in [1.82, 2.24) is 20.2 Å². The molecule has 0 spiro atoms. The first-order valence-corrected chi connectivity index (χ1v) is 11.5. The first kappa shape index (κ1) is 19.6. The summed E-state index contributed by atoms with van der Waals surface area (Å²) >= 11 is 1.48. The molecule has 2 aromatic rings. The Morgan fingerprint density at radius 1 is 1.21 bits per heavy atom. The number of aryl methyl sites for hydroxylation is 1. The maximum atomic E-state index is 12.9. The van der Waals surface area contributed by atoms with Crippen LogP contribution < -0.4 is 10.6 Å². The number of likely N-dealkylation sites (tertiary alicyclic amines) is 1. The van der Waals surface area contributed by atoms with Crippen LogP contribution in [0.2, 0.25) is 0 Å². The van der Waals surface area contributed by atoms with Crippen molar-refractivity contribution in [3.05, 3.63) is 16.8 Å². The maximum Gasteiger partial charge on any atom is 0.261 e. The van der Waals surface area contributed by atoms with Gasteiger partial charge >= 0.3 is 0 Å². The Hall–Kier alpha value is -1.73. The molecule has 1 unspecified atom stereocenters. The first-order chi connectivity index (χ1) is 13.7. The fourth-order valence-electron chi connectivity index (χ4n) is 4.68. The van der Waals surface area contributed by atoms with E-state index in [0.29, 0.717) is 12.1 Å². The highest BCUT2D eigenvalue weighted by molar-refractivity contribution is 7.20. The molecular weight excluding hydrogens is 370 g/mol. The zero-order chi connectivity index (χ0) is 19.5. The van der Waals surface area contributed by atoms with E-state index in [1.165, 1.54) is 50.0 Å². The number of rotatable bonds is 6. The molecule has 7 heteroatoms. The van der Waals surface area contributed by atoms with E-state index in [1.807, 2.05) is 6.92 Å². The van der Waals surface area contributed by atoms with Crippen LogP contribution in [0, 0.1) is 6.92 Å². The Morgan fingerprint density at radius 3 is 2.82 bits per heavy atom. The van der Waals surface area contributed by atoms with Gasteiger partial charge in [-0.1, -0.05) is 26.2 Å². The van der Waals surface area contributed by atoms with Crippen LogP contribution in [0.3, 0.4) is 0 Å². The molecule has 1 saturated carbocycles. The SMILES string of the molecule is CCN1CCCC1CNc1ncnc2sc(C(=O)NC3CCCCC3)c(C)c12. The summed E-state index contributed by atoms with van der Waals surface area (Å²) in [6.45, 7) is 7.41. The summed E-state index contributed by atoms with van der Waals surface area (Å²) in [6, 6.07) is 0.875. The number of carbonyl (C=O) groups excluding carboxylic acids is 1. The van der Waals surface area contributed by atoms with Gasteiger partial charge in [0.15, 0.2) is 0 Å². The molecule has 1 aliphatic heterocycles. The van der Waals surface area contributed by atoms with E-state index < -0.39 is 0 Å². The van der Waals surface area contributed by atoms with E-state index in [4.69, 9.17) is 0 Å². The highest BCUT2D eigenvalue weighted by Crippen LogP contribution is 2.33. The van der Waals surface area contributed by atoms with Crippen molar-refractivity contribution in [2.24, 2.45) is 0 Å². The van der Waals surface area contributed by atoms with Crippen LogP contribution in [0.1, 0.15) is 67.1 Å². The summed E-state index contributed by atoms with van der Waals surface area (Å²) < 4.78 is 0. The van der Waals surface area contributed by atoms with Gasteiger partial charge in [-0.3, -0.25) is 9.69 Å². The topological polar surface area (TPSA) is 70.1 Å². The van der Waals surface area contributed by atoms with Gasteiger partial charge < -0.3 is 10.6 Å². The van der Waals surface area contributed by atoms with E-state index >= 15 is 0 Å². The highest BCUT2D eigenvalue weighted by Gasteiger charge is 2.25. The third kappa shape index (κ3) is 4.01. The number of nitrogens with one attached hydrogen (secondary N) is 2. The van der Waals surface area contributed by atoms with Crippen molar-refractivity contribution in [2.75, 3.05) is 25.0 Å². The van der Waals surface area contributed by atoms with Crippen LogP contribution in [-0.4, -0.2) is 52.5 Å². The van der Waals surface area contributed by atoms with E-state index in [0.717, 1.165) is 52.4 Å². The summed E-state index contributed by atoms with van der Waals surface area (Å²) in [5, 5.41) is 7.80. The fourth-order valence-corrected chi connectivity index (χ4v) is 5.73. The Morgan fingerprint density at radius 2 is 2.04 bits per heavy atom. The maximum absolute atomic E-state index is 12.9. The van der Waals surface area contributed by atoms with Gasteiger partial charge in [-0.2, -0.15) is 0 Å². The number of nitrogens with zero attached hydrogens (tertiary/aromatic N) is 3. The fraction of sp³-hybridized carbons (Fsp3) is 0.667. The van der Waals surface area contributed by atoms with Crippen LogP contribution in [0.5, 0.6) is 0 Å². The van der Waals surface area contributed by atoms with Gasteiger partial charge in [-0.25, -0.2) is 9.97 Å². The summed E-state index contributed by atoms with van der Waals surface area (Å²) in [5.74, 6) is 0.907. The standard InChI is InChI=1S/C21H31N5OS/c1-3-26-11-7-10-16(26)12-22-19-17-14(2)18(28-21(17)24-13-23-19)20(27)25-15-8-5-4-6-9-15/h13,15-16H,3-12H2,1-2H3,(H,25,27)(H,22,23,24). The number of anilines is 1. The van der Waals surface area contributed by atoms with Crippen LogP contribution in [-0.2, 0) is 0 Å². The Balaban J connectivity index is 1.51. The molecular formula is C21H31N5OS. The first-order valence-electron chi connectivity index (χ1n) is 10.7. The Bertz CT molecular complexity index is 830. The normalized spacial score (nSPS) is 21.3. The molecule has 2 N–H and O–H groups in total. The minimum atomic E-state index is 0.0475. The molecule has 1 atom stereocenters. The lowest BCUT2D eigenvalue weighted by molar-refractivity contribution is 0.0931. The predicted octanol–water partition coefficient (Wildman–Crippen LogP) is 3.96. The second-order valence-electron chi connectivity index (χ2n) is 8.07. The minimum Gasteiger partial charge on any atom is -0.368 e. The van der Waals surface area contributed by atoms with Gasteiger partial charge in [-0.15, -0.1) is 11.3 Å². The molecule has 2 aliphatic rings. The second-order valence-corrected chi connectivity index (χ2v) is 9.07. The van der Waals surface area contributed by atoms with E-state index in [1.54, 1.807) is 6.33 Å². The van der Waals surface area contributed by atoms with E-state index in [-0.39, 0.29) is 5.91 Å². The Kier molecular flexibility index (Phi) is 6.11. The molecule has 0 bridgehead atoms. The molecule has 2 aromatic heterocycles. The second kappa shape index (κ2) is 8.74. The average Bonchev–Trinajstić information content (AvgIpc) is 3.31. The highest BCUT2D eigenvalue weighted by atomic mass is 32.1. The van der Waals surface area contributed by atoms with Crippen molar-refractivity contribution in [1.29, 1.82) is 0 Å². The summed E-state index contributed by atoms with van der Waals surface area (Å²) in [7, 11) is 0. The molecule has 1 saturated heterocycles. The lowest BCUT2D eigenvalue weighted by atomic mass is 9.95. The number of fused-ring (bicyclic) bond motifs is 1. The monoisotopic (exact) mass is 401 g/mol. The molecule has 152 valence electrons. The summed E-state index contributed by atoms with van der Waals surface area (Å²) in [6.07, 6.45) is 10.0. The van der Waals surface area contributed by atoms with Gasteiger partial charge in [0.1, 0.15) is 17.0 Å². The van der Waals surface area contributed by atoms with Gasteiger partial charge in [0, 0.05) is 18.6 Å². The van der Waals surface area contributed by atoms with Crippen LogP contribution in [0.25, 0.3) is 10.2 Å². The van der Waals surface area contributed by atoms with E-state index in [9.17, 15) is 4.79 Å². The number of amides is 1. The number of thiophene rings is 1. The van der Waals surface area contributed by atoms with Gasteiger partial charge in [0.2, 0.25) is 0 Å². The summed E-state index contributed by atoms with van der Waals surface area (Å²) in [5.41, 5.74) is 0.996. The number of aromatic nitrogens is 2. The number of hydrogen-bond acceptors (Lipinski definition) is 6. The molecule has 0 aromatic carbocycles. The van der Waals surface area contributed by atoms with Gasteiger partial charge in [0.05, 0.1) is 10.3 Å². The number of carbonyl (C=O) groups is 1. The molecule has 4 rings (SSSR count). The smallest absolute Gasteiger partial charge is 0.261 e. The molecule has 2 fully saturated rings. The minimum absolute atomic E-state index is 0.0475. The van der Waals surface area contributed by atoms with Crippen LogP contribution >= 0.6 is 11.3 Å². The van der Waals surface area contributed by atoms with Crippen molar-refractivity contribution >= 4 is 33.3 Å². The molecule has 1 aliphatic carbocycles. The molecule has 6 nitrogen and oxygen atoms in total. The van der Waals surface area contributed by atoms with Crippen LogP contribution in [0.15, 0.2) is 6.33 Å². The third-order valence-corrected chi connectivity index (χ3v) is 7.48. The quantitative estimate of drug-likeness (QED) is 0.767. The molecule has 0 radical (unpaired) electrons. The Labute approximate surface area is 171 Å². The van der Waals surface area contributed by atoms with Gasteiger partial charge in [0.25, 0.3) is 5.91 Å². The zero-order valence-electron chi connectivity index (χ0n) is 17.0. The summed E-state index contributed by atoms with van der Waals surface area (Å²) in [4.78, 5) is 26.0. The largest absolute Gasteiger partial charge is 0.368 e. The van der Waals surface area contributed by atoms with Crippen LogP contribution in [0.4, 0.5) is 5.82 Å². The average molecular weight is 402 g/mol. The van der Waals surface area contributed by atoms with Crippen molar-refractivity contribution < 1.29 is 4.79 Å². The molecule has 1 amide bonds. The van der Waals surface area contributed by atoms with Crippen molar-refractivity contribution in [3.8, 4) is 0 Å². The van der Waals surface area contributed by atoms with Crippen molar-refractivity contribution in [3.63, 3.8) is 0 Å². The van der Waals surface area contributed by atoms with Gasteiger partial charge in [-0.05, 0) is 51.3 Å². The number of likely N-dealkylation sites (N-methyl/N-ethyl adjacent to an activating group) is 1. The van der Waals surface area contributed by atoms with Crippen molar-refractivity contribution in [2.45, 2.75) is 70.9 Å². The van der Waals surface area contributed by atoms with E-state index in [2.05, 4.69) is 32.4 Å².